The Hall–Kier alpha value is -2.86. The highest BCUT2D eigenvalue weighted by Crippen LogP contribution is 2.16. The van der Waals surface area contributed by atoms with Crippen molar-refractivity contribution in [3.63, 3.8) is 0 Å². The Bertz CT molecular complexity index is 937. The summed E-state index contributed by atoms with van der Waals surface area (Å²) in [4.78, 5) is 14.8. The van der Waals surface area contributed by atoms with Crippen LogP contribution in [-0.4, -0.2) is 33.7 Å². The van der Waals surface area contributed by atoms with E-state index >= 15 is 0 Å². The van der Waals surface area contributed by atoms with Gasteiger partial charge in [-0.05, 0) is 50.6 Å². The van der Waals surface area contributed by atoms with E-state index in [1.807, 2.05) is 23.0 Å². The Labute approximate surface area is 165 Å². The molecule has 0 aliphatic carbocycles. The molecule has 1 amide bonds. The minimum atomic E-state index is -0.273. The molecule has 1 saturated heterocycles. The van der Waals surface area contributed by atoms with Gasteiger partial charge in [0.25, 0.3) is 5.91 Å². The molecule has 0 saturated carbocycles. The van der Waals surface area contributed by atoms with E-state index in [0.717, 1.165) is 25.4 Å². The summed E-state index contributed by atoms with van der Waals surface area (Å²) in [5.74, 6) is 1.40. The summed E-state index contributed by atoms with van der Waals surface area (Å²) in [5.41, 5.74) is 2.39. The second-order valence-corrected chi connectivity index (χ2v) is 7.44. The van der Waals surface area contributed by atoms with Crippen LogP contribution in [0.3, 0.4) is 0 Å². The first-order valence-electron chi connectivity index (χ1n) is 9.87. The molecule has 3 heterocycles. The predicted octanol–water partition coefficient (Wildman–Crippen LogP) is 4.07. The number of benzene rings is 1. The number of amides is 1. The molecule has 28 heavy (non-hydrogen) atoms. The van der Waals surface area contributed by atoms with Crippen LogP contribution in [0.1, 0.15) is 46.7 Å². The van der Waals surface area contributed by atoms with Gasteiger partial charge in [-0.25, -0.2) is 0 Å². The van der Waals surface area contributed by atoms with Gasteiger partial charge in [0.05, 0.1) is 13.1 Å². The zero-order chi connectivity index (χ0) is 19.3. The van der Waals surface area contributed by atoms with Gasteiger partial charge in [-0.3, -0.25) is 14.4 Å². The first-order valence-corrected chi connectivity index (χ1v) is 9.87. The first-order chi connectivity index (χ1) is 13.7. The van der Waals surface area contributed by atoms with Crippen LogP contribution in [0.2, 0.25) is 0 Å². The number of aryl methyl sites for hydroxylation is 1. The Morgan fingerprint density at radius 2 is 1.96 bits per heavy atom. The van der Waals surface area contributed by atoms with E-state index in [4.69, 9.17) is 4.42 Å². The number of carbonyl (C=O) groups excluding carboxylic acids is 1. The monoisotopic (exact) mass is 378 g/mol. The van der Waals surface area contributed by atoms with E-state index in [1.54, 1.807) is 12.1 Å². The molecule has 4 rings (SSSR count). The van der Waals surface area contributed by atoms with E-state index in [9.17, 15) is 4.79 Å². The number of carbonyl (C=O) groups is 1. The molecule has 0 unspecified atom stereocenters. The first kappa shape index (κ1) is 18.5. The van der Waals surface area contributed by atoms with Gasteiger partial charge in [0, 0.05) is 12.3 Å². The normalized spacial score (nSPS) is 14.9. The van der Waals surface area contributed by atoms with Gasteiger partial charge in [0.2, 0.25) is 0 Å². The van der Waals surface area contributed by atoms with Gasteiger partial charge in [-0.2, -0.15) is 5.10 Å². The largest absolute Gasteiger partial charge is 0.455 e. The molecule has 1 fully saturated rings. The number of hydrogen-bond acceptors (Lipinski definition) is 4. The third kappa shape index (κ3) is 4.70. The molecular weight excluding hydrogens is 352 g/mol. The van der Waals surface area contributed by atoms with Gasteiger partial charge in [0.1, 0.15) is 5.76 Å². The molecule has 6 nitrogen and oxygen atoms in total. The summed E-state index contributed by atoms with van der Waals surface area (Å²) in [5, 5.41) is 7.25. The van der Waals surface area contributed by atoms with Crippen LogP contribution in [0.15, 0.2) is 53.1 Å². The number of piperidine rings is 1. The van der Waals surface area contributed by atoms with Crippen LogP contribution in [-0.2, 0) is 13.1 Å². The number of anilines is 1. The molecule has 2 aromatic heterocycles. The molecule has 6 heteroatoms. The molecule has 0 atom stereocenters. The van der Waals surface area contributed by atoms with Crippen molar-refractivity contribution in [2.24, 2.45) is 0 Å². The Morgan fingerprint density at radius 3 is 2.79 bits per heavy atom. The molecule has 0 spiro atoms. The Morgan fingerprint density at radius 1 is 1.11 bits per heavy atom. The SMILES string of the molecule is Cc1cccc(Cn2ccc(NC(=O)c3ccc(CN4CCCCC4)o3)n2)c1. The number of hydrogen-bond donors (Lipinski definition) is 1. The minimum Gasteiger partial charge on any atom is -0.455 e. The summed E-state index contributed by atoms with van der Waals surface area (Å²) in [7, 11) is 0. The van der Waals surface area contributed by atoms with Crippen molar-refractivity contribution in [2.75, 3.05) is 18.4 Å². The van der Waals surface area contributed by atoms with E-state index < -0.39 is 0 Å². The molecule has 3 aromatic rings. The predicted molar refractivity (Wildman–Crippen MR) is 108 cm³/mol. The maximum absolute atomic E-state index is 12.5. The Balaban J connectivity index is 1.34. The molecule has 1 aliphatic rings. The van der Waals surface area contributed by atoms with Crippen molar-refractivity contribution < 1.29 is 9.21 Å². The number of likely N-dealkylation sites (tertiary alicyclic amines) is 1. The van der Waals surface area contributed by atoms with Crippen molar-refractivity contribution in [2.45, 2.75) is 39.3 Å². The van der Waals surface area contributed by atoms with Gasteiger partial charge in [-0.1, -0.05) is 36.2 Å². The lowest BCUT2D eigenvalue weighted by atomic mass is 10.1. The van der Waals surface area contributed by atoms with Crippen LogP contribution in [0.4, 0.5) is 5.82 Å². The highest BCUT2D eigenvalue weighted by Gasteiger charge is 2.16. The van der Waals surface area contributed by atoms with Crippen molar-refractivity contribution >= 4 is 11.7 Å². The number of aromatic nitrogens is 2. The van der Waals surface area contributed by atoms with Crippen molar-refractivity contribution in [3.05, 3.63) is 71.3 Å². The zero-order valence-corrected chi connectivity index (χ0v) is 16.2. The third-order valence-electron chi connectivity index (χ3n) is 5.02. The average molecular weight is 378 g/mol. The molecular formula is C22H26N4O2. The molecule has 0 radical (unpaired) electrons. The molecule has 1 N–H and O–H groups in total. The highest BCUT2D eigenvalue weighted by molar-refractivity contribution is 6.01. The van der Waals surface area contributed by atoms with E-state index in [2.05, 4.69) is 40.4 Å². The standard InChI is InChI=1S/C22H26N4O2/c1-17-6-5-7-18(14-17)15-26-13-10-21(24-26)23-22(27)20-9-8-19(28-20)16-25-11-3-2-4-12-25/h5-10,13-14H,2-4,11-12,15-16H2,1H3,(H,23,24,27). The fourth-order valence-corrected chi connectivity index (χ4v) is 3.61. The summed E-state index contributed by atoms with van der Waals surface area (Å²) in [6, 6.07) is 13.7. The van der Waals surface area contributed by atoms with E-state index in [1.165, 1.54) is 30.4 Å². The fourth-order valence-electron chi connectivity index (χ4n) is 3.61. The summed E-state index contributed by atoms with van der Waals surface area (Å²) in [6.07, 6.45) is 5.64. The van der Waals surface area contributed by atoms with E-state index in [0.29, 0.717) is 18.1 Å². The molecule has 0 bridgehead atoms. The van der Waals surface area contributed by atoms with Crippen LogP contribution in [0, 0.1) is 6.92 Å². The maximum Gasteiger partial charge on any atom is 0.292 e. The lowest BCUT2D eigenvalue weighted by molar-refractivity contribution is 0.0991. The van der Waals surface area contributed by atoms with Gasteiger partial charge in [-0.15, -0.1) is 0 Å². The van der Waals surface area contributed by atoms with E-state index in [-0.39, 0.29) is 5.91 Å². The van der Waals surface area contributed by atoms with Crippen LogP contribution < -0.4 is 5.32 Å². The molecule has 1 aromatic carbocycles. The number of nitrogens with zero attached hydrogens (tertiary/aromatic N) is 3. The Kier molecular flexibility index (Phi) is 5.58. The van der Waals surface area contributed by atoms with Gasteiger partial charge < -0.3 is 9.73 Å². The minimum absolute atomic E-state index is 0.273. The topological polar surface area (TPSA) is 63.3 Å². The van der Waals surface area contributed by atoms with Crippen molar-refractivity contribution in [1.29, 1.82) is 0 Å². The van der Waals surface area contributed by atoms with Crippen molar-refractivity contribution in [1.82, 2.24) is 14.7 Å². The smallest absolute Gasteiger partial charge is 0.292 e. The summed E-state index contributed by atoms with van der Waals surface area (Å²) in [6.45, 7) is 5.69. The number of furan rings is 1. The molecule has 1 aliphatic heterocycles. The lowest BCUT2D eigenvalue weighted by Gasteiger charge is -2.25. The average Bonchev–Trinajstić information content (AvgIpc) is 3.32. The van der Waals surface area contributed by atoms with Gasteiger partial charge in [0.15, 0.2) is 11.6 Å². The number of rotatable bonds is 6. The third-order valence-corrected chi connectivity index (χ3v) is 5.02. The lowest BCUT2D eigenvalue weighted by Crippen LogP contribution is -2.28. The fraction of sp³-hybridized carbons (Fsp3) is 0.364. The quantitative estimate of drug-likeness (QED) is 0.702. The van der Waals surface area contributed by atoms with Crippen molar-refractivity contribution in [3.8, 4) is 0 Å². The second-order valence-electron chi connectivity index (χ2n) is 7.44. The highest BCUT2D eigenvalue weighted by atomic mass is 16.4. The maximum atomic E-state index is 12.5. The van der Waals surface area contributed by atoms with Crippen LogP contribution >= 0.6 is 0 Å². The van der Waals surface area contributed by atoms with Gasteiger partial charge >= 0.3 is 0 Å². The van der Waals surface area contributed by atoms with Crippen LogP contribution in [0.5, 0.6) is 0 Å². The molecule has 146 valence electrons. The van der Waals surface area contributed by atoms with Crippen LogP contribution in [0.25, 0.3) is 0 Å². The summed E-state index contributed by atoms with van der Waals surface area (Å²) < 4.78 is 7.56. The second kappa shape index (κ2) is 8.44. The zero-order valence-electron chi connectivity index (χ0n) is 16.2. The summed E-state index contributed by atoms with van der Waals surface area (Å²) >= 11 is 0. The number of nitrogens with one attached hydrogen (secondary N) is 1.